The van der Waals surface area contributed by atoms with Gasteiger partial charge in [-0.3, -0.25) is 9.59 Å². The first-order valence-corrected chi connectivity index (χ1v) is 10.8. The molecule has 0 unspecified atom stereocenters. The van der Waals surface area contributed by atoms with Crippen LogP contribution in [0.4, 0.5) is 4.39 Å². The van der Waals surface area contributed by atoms with Crippen LogP contribution in [0.2, 0.25) is 5.02 Å². The first kappa shape index (κ1) is 24.5. The van der Waals surface area contributed by atoms with Crippen molar-refractivity contribution in [2.75, 3.05) is 0 Å². The van der Waals surface area contributed by atoms with E-state index in [1.54, 1.807) is 19.2 Å². The van der Waals surface area contributed by atoms with E-state index in [4.69, 9.17) is 22.4 Å². The van der Waals surface area contributed by atoms with E-state index in [9.17, 15) is 9.59 Å². The Morgan fingerprint density at radius 3 is 2.61 bits per heavy atom. The number of carbonyl (C=O) groups excluding carboxylic acids is 2. The number of nitrogens with two attached hydrogens (primary N) is 1. The number of rotatable bonds is 10. The van der Waals surface area contributed by atoms with Crippen LogP contribution in [-0.2, 0) is 11.4 Å². The van der Waals surface area contributed by atoms with Crippen molar-refractivity contribution in [2.45, 2.75) is 45.4 Å². The molecule has 0 aliphatic rings. The lowest BCUT2D eigenvalue weighted by Crippen LogP contribution is -2.34. The van der Waals surface area contributed by atoms with E-state index in [1.165, 1.54) is 35.3 Å². The maximum atomic E-state index is 15.5. The first-order valence-electron chi connectivity index (χ1n) is 10.4. The van der Waals surface area contributed by atoms with E-state index in [0.717, 1.165) is 0 Å². The molecule has 10 heteroatoms. The molecular weight excluding hydrogens is 449 g/mol. The Kier molecular flexibility index (Phi) is 7.91. The first-order chi connectivity index (χ1) is 15.7. The highest BCUT2D eigenvalue weighted by Crippen LogP contribution is 2.30. The molecule has 0 saturated carbocycles. The van der Waals surface area contributed by atoms with E-state index in [2.05, 4.69) is 15.4 Å². The van der Waals surface area contributed by atoms with Crippen molar-refractivity contribution in [1.29, 1.82) is 0 Å². The smallest absolute Gasteiger partial charge is 0.218 e. The second-order valence-electron chi connectivity index (χ2n) is 7.71. The predicted molar refractivity (Wildman–Crippen MR) is 122 cm³/mol. The van der Waals surface area contributed by atoms with Crippen LogP contribution in [0.3, 0.4) is 0 Å². The van der Waals surface area contributed by atoms with E-state index >= 15 is 4.39 Å². The Bertz CT molecular complexity index is 1150. The second-order valence-corrected chi connectivity index (χ2v) is 8.12. The number of nitrogens with one attached hydrogen (secondary N) is 1. The van der Waals surface area contributed by atoms with E-state index in [-0.39, 0.29) is 40.8 Å². The molecule has 0 aliphatic carbocycles. The third-order valence-electron chi connectivity index (χ3n) is 5.19. The molecule has 2 aromatic heterocycles. The molecule has 1 aromatic carbocycles. The number of halogens is 2. The molecule has 0 saturated heterocycles. The Hall–Kier alpha value is -3.14. The summed E-state index contributed by atoms with van der Waals surface area (Å²) in [6.45, 7) is 3.49. The van der Waals surface area contributed by atoms with Gasteiger partial charge in [-0.1, -0.05) is 24.6 Å². The number of primary amides is 1. The zero-order chi connectivity index (χ0) is 24.1. The van der Waals surface area contributed by atoms with Gasteiger partial charge in [0.15, 0.2) is 11.6 Å². The van der Waals surface area contributed by atoms with Gasteiger partial charge < -0.3 is 16.2 Å². The third kappa shape index (κ3) is 5.62. The fourth-order valence-electron chi connectivity index (χ4n) is 3.54. The van der Waals surface area contributed by atoms with E-state index < -0.39 is 23.5 Å². The summed E-state index contributed by atoms with van der Waals surface area (Å²) < 4.78 is 17.0. The van der Waals surface area contributed by atoms with Crippen LogP contribution in [0.5, 0.6) is 0 Å². The average Bonchev–Trinajstić information content (AvgIpc) is 3.27. The summed E-state index contributed by atoms with van der Waals surface area (Å²) in [6, 6.07) is 5.38. The summed E-state index contributed by atoms with van der Waals surface area (Å²) in [6.07, 6.45) is 5.06. The number of amides is 1. The van der Waals surface area contributed by atoms with Gasteiger partial charge in [0.25, 0.3) is 0 Å². The average molecular weight is 474 g/mol. The largest absolute Gasteiger partial charge is 0.392 e. The second kappa shape index (κ2) is 10.7. The van der Waals surface area contributed by atoms with Crippen molar-refractivity contribution in [3.8, 4) is 5.82 Å². The number of pyridine rings is 1. The molecule has 4 N–H and O–H groups in total. The summed E-state index contributed by atoms with van der Waals surface area (Å²) in [7, 11) is 0. The quantitative estimate of drug-likeness (QED) is 0.389. The minimum atomic E-state index is -0.720. The minimum absolute atomic E-state index is 0.00923. The van der Waals surface area contributed by atoms with Crippen LogP contribution < -0.4 is 11.1 Å². The highest BCUT2D eigenvalue weighted by molar-refractivity contribution is 6.35. The molecule has 2 atom stereocenters. The van der Waals surface area contributed by atoms with Crippen LogP contribution in [0.25, 0.3) is 5.82 Å². The highest BCUT2D eigenvalue weighted by Gasteiger charge is 2.25. The normalized spacial score (nSPS) is 13.0. The monoisotopic (exact) mass is 473 g/mol. The van der Waals surface area contributed by atoms with Crippen LogP contribution in [0.15, 0.2) is 42.9 Å². The number of aliphatic hydroxyl groups excluding tert-OH is 1. The lowest BCUT2D eigenvalue weighted by molar-refractivity contribution is -0.118. The summed E-state index contributed by atoms with van der Waals surface area (Å²) in [4.78, 5) is 28.5. The molecule has 3 rings (SSSR count). The molecule has 8 nitrogen and oxygen atoms in total. The molecule has 0 aliphatic heterocycles. The number of aromatic nitrogens is 3. The zero-order valence-electron chi connectivity index (χ0n) is 18.3. The van der Waals surface area contributed by atoms with Gasteiger partial charge in [-0.15, -0.1) is 0 Å². The topological polar surface area (TPSA) is 123 Å². The SMILES string of the molecule is CC[C@@H](N[C@@H](C)CC(N)=O)c1ccc(Cl)c(C(=O)c2ccc(-n3cc(CO)cn3)nc2)c1F. The van der Waals surface area contributed by atoms with Gasteiger partial charge >= 0.3 is 0 Å². The number of ketones is 1. The van der Waals surface area contributed by atoms with Crippen LogP contribution in [0.1, 0.15) is 59.8 Å². The maximum absolute atomic E-state index is 15.5. The van der Waals surface area contributed by atoms with Crippen LogP contribution in [0, 0.1) is 5.82 Å². The number of aliphatic hydroxyl groups is 1. The number of benzene rings is 1. The summed E-state index contributed by atoms with van der Waals surface area (Å²) >= 11 is 6.21. The van der Waals surface area contributed by atoms with Gasteiger partial charge in [-0.25, -0.2) is 14.1 Å². The molecule has 33 heavy (non-hydrogen) atoms. The molecule has 2 heterocycles. The molecule has 0 bridgehead atoms. The standard InChI is InChI=1S/C23H25ClFN5O3/c1-3-18(29-13(2)8-19(26)32)16-5-6-17(24)21(22(16)25)23(33)15-4-7-20(27-10-15)30-11-14(12-31)9-28-30/h4-7,9-11,13,18,29,31H,3,8,12H2,1-2H3,(H2,26,32)/t13-,18+/m0/s1. The third-order valence-corrected chi connectivity index (χ3v) is 5.50. The maximum Gasteiger partial charge on any atom is 0.218 e. The van der Waals surface area contributed by atoms with Crippen LogP contribution in [-0.4, -0.2) is 37.6 Å². The Labute approximate surface area is 195 Å². The summed E-state index contributed by atoms with van der Waals surface area (Å²) in [5, 5.41) is 16.4. The zero-order valence-corrected chi connectivity index (χ0v) is 19.0. The lowest BCUT2D eigenvalue weighted by atomic mass is 9.96. The van der Waals surface area contributed by atoms with Crippen molar-refractivity contribution >= 4 is 23.3 Å². The van der Waals surface area contributed by atoms with Crippen molar-refractivity contribution < 1.29 is 19.1 Å². The van der Waals surface area contributed by atoms with Crippen molar-refractivity contribution in [3.05, 3.63) is 75.9 Å². The molecule has 174 valence electrons. The number of carbonyl (C=O) groups is 2. The molecule has 0 spiro atoms. The van der Waals surface area contributed by atoms with Crippen molar-refractivity contribution in [3.63, 3.8) is 0 Å². The fourth-order valence-corrected chi connectivity index (χ4v) is 3.78. The van der Waals surface area contributed by atoms with E-state index in [0.29, 0.717) is 17.8 Å². The van der Waals surface area contributed by atoms with Crippen molar-refractivity contribution in [1.82, 2.24) is 20.1 Å². The van der Waals surface area contributed by atoms with E-state index in [1.807, 2.05) is 6.92 Å². The highest BCUT2D eigenvalue weighted by atomic mass is 35.5. The Balaban J connectivity index is 1.89. The Morgan fingerprint density at radius 2 is 2.03 bits per heavy atom. The number of hydrogen-bond acceptors (Lipinski definition) is 6. The summed E-state index contributed by atoms with van der Waals surface area (Å²) in [5.74, 6) is -1.35. The molecule has 1 amide bonds. The molecular formula is C23H25ClFN5O3. The fraction of sp³-hybridized carbons (Fsp3) is 0.304. The summed E-state index contributed by atoms with van der Waals surface area (Å²) in [5.41, 5.74) is 6.06. The van der Waals surface area contributed by atoms with Crippen molar-refractivity contribution in [2.24, 2.45) is 5.73 Å². The number of nitrogens with zero attached hydrogens (tertiary/aromatic N) is 3. The molecule has 0 fully saturated rings. The predicted octanol–water partition coefficient (Wildman–Crippen LogP) is 3.09. The van der Waals surface area contributed by atoms with Gasteiger partial charge in [0.05, 0.1) is 23.4 Å². The van der Waals surface area contributed by atoms with Gasteiger partial charge in [-0.2, -0.15) is 5.10 Å². The number of hydrogen-bond donors (Lipinski definition) is 3. The Morgan fingerprint density at radius 1 is 1.27 bits per heavy atom. The minimum Gasteiger partial charge on any atom is -0.392 e. The van der Waals surface area contributed by atoms with Gasteiger partial charge in [0.2, 0.25) is 5.91 Å². The van der Waals surface area contributed by atoms with Crippen LogP contribution >= 0.6 is 11.6 Å². The van der Waals surface area contributed by atoms with Gasteiger partial charge in [0.1, 0.15) is 5.82 Å². The van der Waals surface area contributed by atoms with Gasteiger partial charge in [-0.05, 0) is 31.5 Å². The lowest BCUT2D eigenvalue weighted by Gasteiger charge is -2.23. The molecule has 3 aromatic rings. The molecule has 0 radical (unpaired) electrons. The van der Waals surface area contributed by atoms with Gasteiger partial charge in [0, 0.05) is 47.6 Å².